The van der Waals surface area contributed by atoms with Crippen LogP contribution in [0.15, 0.2) is 42.5 Å². The fraction of sp³-hybridized carbons (Fsp3) is 0.250. The summed E-state index contributed by atoms with van der Waals surface area (Å²) in [4.78, 5) is 54.6. The predicted molar refractivity (Wildman–Crippen MR) is 106 cm³/mol. The molecule has 150 valence electrons. The summed E-state index contributed by atoms with van der Waals surface area (Å²) in [5, 5.41) is 5.35. The molecule has 9 nitrogen and oxygen atoms in total. The van der Waals surface area contributed by atoms with Crippen LogP contribution in [0.4, 0.5) is 11.4 Å². The highest BCUT2D eigenvalue weighted by atomic mass is 16.2. The molecular formula is C20H21N5O4. The number of nitrogens with zero attached hydrogens (tertiary/aromatic N) is 3. The van der Waals surface area contributed by atoms with Crippen molar-refractivity contribution < 1.29 is 19.2 Å². The van der Waals surface area contributed by atoms with Crippen LogP contribution in [-0.4, -0.2) is 65.1 Å². The van der Waals surface area contributed by atoms with Crippen LogP contribution in [0.5, 0.6) is 0 Å². The fourth-order valence-corrected chi connectivity index (χ4v) is 2.95. The van der Waals surface area contributed by atoms with Crippen molar-refractivity contribution in [1.29, 1.82) is 0 Å². The number of hydrogen-bond donors (Lipinski definition) is 2. The first-order chi connectivity index (χ1) is 14.0. The van der Waals surface area contributed by atoms with Gasteiger partial charge in [-0.25, -0.2) is 4.98 Å². The molecule has 1 aliphatic rings. The zero-order valence-corrected chi connectivity index (χ0v) is 15.9. The Bertz CT molecular complexity index is 938. The second-order valence-electron chi connectivity index (χ2n) is 6.56. The third kappa shape index (κ3) is 5.16. The number of amides is 4. The normalized spacial score (nSPS) is 13.6. The molecule has 0 bridgehead atoms. The maximum Gasteiger partial charge on any atom is 0.274 e. The van der Waals surface area contributed by atoms with E-state index >= 15 is 0 Å². The first kappa shape index (κ1) is 20.0. The number of hydrogen-bond acceptors (Lipinski definition) is 5. The third-order valence-corrected chi connectivity index (χ3v) is 4.39. The van der Waals surface area contributed by atoms with E-state index in [4.69, 9.17) is 0 Å². The summed E-state index contributed by atoms with van der Waals surface area (Å²) in [6, 6.07) is 11.4. The lowest BCUT2D eigenvalue weighted by Gasteiger charge is -2.32. The van der Waals surface area contributed by atoms with Gasteiger partial charge in [0.2, 0.25) is 12.3 Å². The Balaban J connectivity index is 1.69. The van der Waals surface area contributed by atoms with E-state index in [1.54, 1.807) is 46.2 Å². The van der Waals surface area contributed by atoms with Crippen molar-refractivity contribution >= 4 is 35.5 Å². The lowest BCUT2D eigenvalue weighted by atomic mass is 10.2. The summed E-state index contributed by atoms with van der Waals surface area (Å²) in [6.07, 6.45) is 0.770. The molecule has 2 aromatic rings. The van der Waals surface area contributed by atoms with Gasteiger partial charge in [0, 0.05) is 44.5 Å². The molecule has 3 rings (SSSR count). The third-order valence-electron chi connectivity index (χ3n) is 4.39. The molecule has 0 radical (unpaired) electrons. The van der Waals surface area contributed by atoms with E-state index in [1.165, 1.54) is 13.0 Å². The van der Waals surface area contributed by atoms with Crippen molar-refractivity contribution in [2.24, 2.45) is 0 Å². The first-order valence-electron chi connectivity index (χ1n) is 9.11. The molecule has 0 atom stereocenters. The summed E-state index contributed by atoms with van der Waals surface area (Å²) in [7, 11) is 0. The van der Waals surface area contributed by atoms with Crippen molar-refractivity contribution in [2.45, 2.75) is 6.92 Å². The Morgan fingerprint density at radius 1 is 0.931 bits per heavy atom. The second-order valence-corrected chi connectivity index (χ2v) is 6.56. The summed E-state index contributed by atoms with van der Waals surface area (Å²) in [6.45, 7) is 3.19. The van der Waals surface area contributed by atoms with Crippen molar-refractivity contribution in [1.82, 2.24) is 14.8 Å². The number of carbonyl (C=O) groups is 4. The maximum atomic E-state index is 12.7. The number of nitrogens with one attached hydrogen (secondary N) is 2. The van der Waals surface area contributed by atoms with E-state index in [2.05, 4.69) is 15.6 Å². The quantitative estimate of drug-likeness (QED) is 0.739. The number of rotatable bonds is 5. The van der Waals surface area contributed by atoms with Gasteiger partial charge in [0.1, 0.15) is 11.4 Å². The molecule has 0 spiro atoms. The molecule has 0 unspecified atom stereocenters. The molecule has 1 fully saturated rings. The number of pyridine rings is 1. The standard InChI is InChI=1S/C20H21N5O4/c1-14(27)21-15-4-2-5-16(12-15)22-19(28)17-6-3-7-18(23-17)20(29)25-10-8-24(13-26)9-11-25/h2-7,12-13H,8-11H2,1H3,(H,21,27)(H,22,28). The molecule has 29 heavy (non-hydrogen) atoms. The van der Waals surface area contributed by atoms with Crippen LogP contribution < -0.4 is 10.6 Å². The van der Waals surface area contributed by atoms with Crippen LogP contribution in [0, 0.1) is 0 Å². The lowest BCUT2D eigenvalue weighted by molar-refractivity contribution is -0.119. The van der Waals surface area contributed by atoms with Gasteiger partial charge in [0.05, 0.1) is 0 Å². The van der Waals surface area contributed by atoms with Gasteiger partial charge in [-0.05, 0) is 30.3 Å². The molecule has 4 amide bonds. The van der Waals surface area contributed by atoms with Crippen molar-refractivity contribution in [2.75, 3.05) is 36.8 Å². The minimum atomic E-state index is -0.467. The van der Waals surface area contributed by atoms with Gasteiger partial charge in [-0.1, -0.05) is 12.1 Å². The summed E-state index contributed by atoms with van der Waals surface area (Å²) in [5.74, 6) is -0.960. The molecule has 1 saturated heterocycles. The van der Waals surface area contributed by atoms with Crippen molar-refractivity contribution in [3.05, 3.63) is 53.9 Å². The number of piperazine rings is 1. The van der Waals surface area contributed by atoms with Crippen molar-refractivity contribution in [3.8, 4) is 0 Å². The largest absolute Gasteiger partial charge is 0.342 e. The molecule has 1 aromatic carbocycles. The zero-order valence-electron chi connectivity index (χ0n) is 15.9. The van der Waals surface area contributed by atoms with Crippen LogP contribution >= 0.6 is 0 Å². The molecule has 9 heteroatoms. The maximum absolute atomic E-state index is 12.7. The summed E-state index contributed by atoms with van der Waals surface area (Å²) < 4.78 is 0. The smallest absolute Gasteiger partial charge is 0.274 e. The minimum absolute atomic E-state index is 0.104. The number of carbonyl (C=O) groups excluding carboxylic acids is 4. The topological polar surface area (TPSA) is 112 Å². The molecular weight excluding hydrogens is 374 g/mol. The zero-order chi connectivity index (χ0) is 20.8. The lowest BCUT2D eigenvalue weighted by Crippen LogP contribution is -2.48. The molecule has 1 aliphatic heterocycles. The van der Waals surface area contributed by atoms with Crippen LogP contribution in [0.25, 0.3) is 0 Å². The van der Waals surface area contributed by atoms with E-state index in [1.807, 2.05) is 0 Å². The Hall–Kier alpha value is -3.75. The Morgan fingerprint density at radius 3 is 2.21 bits per heavy atom. The number of aromatic nitrogens is 1. The summed E-state index contributed by atoms with van der Waals surface area (Å²) in [5.41, 5.74) is 1.32. The number of anilines is 2. The van der Waals surface area contributed by atoms with Gasteiger partial charge >= 0.3 is 0 Å². The van der Waals surface area contributed by atoms with Crippen LogP contribution in [0.2, 0.25) is 0 Å². The Morgan fingerprint density at radius 2 is 1.55 bits per heavy atom. The average Bonchev–Trinajstić information content (AvgIpc) is 2.73. The Kier molecular flexibility index (Phi) is 6.18. The van der Waals surface area contributed by atoms with E-state index in [9.17, 15) is 19.2 Å². The van der Waals surface area contributed by atoms with Crippen LogP contribution in [0.3, 0.4) is 0 Å². The molecule has 0 aliphatic carbocycles. The molecule has 2 heterocycles. The molecule has 2 N–H and O–H groups in total. The van der Waals surface area contributed by atoms with E-state index in [-0.39, 0.29) is 23.2 Å². The average molecular weight is 395 g/mol. The molecule has 1 aromatic heterocycles. The van der Waals surface area contributed by atoms with Crippen molar-refractivity contribution in [3.63, 3.8) is 0 Å². The fourth-order valence-electron chi connectivity index (χ4n) is 2.95. The van der Waals surface area contributed by atoms with Gasteiger partial charge in [-0.15, -0.1) is 0 Å². The highest BCUT2D eigenvalue weighted by Gasteiger charge is 2.23. The molecule has 0 saturated carbocycles. The highest BCUT2D eigenvalue weighted by Crippen LogP contribution is 2.16. The summed E-state index contributed by atoms with van der Waals surface area (Å²) >= 11 is 0. The van der Waals surface area contributed by atoms with E-state index in [0.29, 0.717) is 37.6 Å². The van der Waals surface area contributed by atoms with E-state index in [0.717, 1.165) is 6.41 Å². The van der Waals surface area contributed by atoms with Gasteiger partial charge in [0.25, 0.3) is 11.8 Å². The van der Waals surface area contributed by atoms with Crippen LogP contribution in [0.1, 0.15) is 27.9 Å². The Labute approximate surface area is 167 Å². The SMILES string of the molecule is CC(=O)Nc1cccc(NC(=O)c2cccc(C(=O)N3CCN(C=O)CC3)n2)c1. The monoisotopic (exact) mass is 395 g/mol. The van der Waals surface area contributed by atoms with Gasteiger partial charge in [0.15, 0.2) is 0 Å². The van der Waals surface area contributed by atoms with E-state index < -0.39 is 5.91 Å². The van der Waals surface area contributed by atoms with Gasteiger partial charge in [-0.2, -0.15) is 0 Å². The van der Waals surface area contributed by atoms with Gasteiger partial charge < -0.3 is 20.4 Å². The highest BCUT2D eigenvalue weighted by molar-refractivity contribution is 6.04. The predicted octanol–water partition coefficient (Wildman–Crippen LogP) is 1.21. The minimum Gasteiger partial charge on any atom is -0.342 e. The van der Waals surface area contributed by atoms with Gasteiger partial charge in [-0.3, -0.25) is 19.2 Å². The number of benzene rings is 1. The second kappa shape index (κ2) is 8.96. The first-order valence-corrected chi connectivity index (χ1v) is 9.11. The van der Waals surface area contributed by atoms with Crippen LogP contribution in [-0.2, 0) is 9.59 Å².